The Morgan fingerprint density at radius 2 is 1.96 bits per heavy atom. The summed E-state index contributed by atoms with van der Waals surface area (Å²) in [5.74, 6) is 0.587. The average molecular weight is 311 g/mol. The Labute approximate surface area is 136 Å². The van der Waals surface area contributed by atoms with Gasteiger partial charge >= 0.3 is 6.03 Å². The van der Waals surface area contributed by atoms with Gasteiger partial charge < -0.3 is 4.90 Å². The molecular weight excluding hydrogens is 290 g/mol. The second-order valence-corrected chi connectivity index (χ2v) is 5.63. The number of hydrogen-bond donors (Lipinski definition) is 1. The van der Waals surface area contributed by atoms with Gasteiger partial charge in [-0.15, -0.1) is 0 Å². The Hall–Kier alpha value is -2.47. The van der Waals surface area contributed by atoms with Crippen molar-refractivity contribution in [2.24, 2.45) is 0 Å². The van der Waals surface area contributed by atoms with E-state index in [2.05, 4.69) is 33.2 Å². The summed E-state index contributed by atoms with van der Waals surface area (Å²) in [5, 5.41) is 2.83. The van der Waals surface area contributed by atoms with Gasteiger partial charge in [0.15, 0.2) is 0 Å². The normalized spacial score (nSPS) is 16.8. The van der Waals surface area contributed by atoms with Gasteiger partial charge in [-0.25, -0.2) is 9.78 Å². The van der Waals surface area contributed by atoms with Crippen LogP contribution in [0, 0.1) is 0 Å². The third-order valence-corrected chi connectivity index (χ3v) is 4.22. The van der Waals surface area contributed by atoms with Gasteiger partial charge in [-0.2, -0.15) is 0 Å². The van der Waals surface area contributed by atoms with Crippen LogP contribution in [0.15, 0.2) is 48.9 Å². The number of anilines is 1. The van der Waals surface area contributed by atoms with E-state index in [4.69, 9.17) is 0 Å². The Bertz CT molecular complexity index is 626. The molecule has 1 fully saturated rings. The van der Waals surface area contributed by atoms with Crippen LogP contribution in [0.1, 0.15) is 18.5 Å². The SMILES string of the molecule is CC(c1cccnc1)N1CCN(C(=O)Nc2ccccn2)CC1. The molecule has 2 amide bonds. The molecule has 1 atom stereocenters. The van der Waals surface area contributed by atoms with E-state index in [9.17, 15) is 4.79 Å². The number of piperazine rings is 1. The predicted octanol–water partition coefficient (Wildman–Crippen LogP) is 2.39. The Kier molecular flexibility index (Phi) is 4.83. The Morgan fingerprint density at radius 3 is 2.61 bits per heavy atom. The molecule has 120 valence electrons. The predicted molar refractivity (Wildman–Crippen MR) is 89.1 cm³/mol. The fourth-order valence-electron chi connectivity index (χ4n) is 2.77. The number of urea groups is 1. The molecule has 0 spiro atoms. The number of rotatable bonds is 3. The highest BCUT2D eigenvalue weighted by atomic mass is 16.2. The van der Waals surface area contributed by atoms with Crippen LogP contribution in [0.4, 0.5) is 10.6 Å². The number of nitrogens with one attached hydrogen (secondary N) is 1. The van der Waals surface area contributed by atoms with Crippen molar-refractivity contribution in [3.05, 3.63) is 54.5 Å². The minimum atomic E-state index is -0.0858. The Morgan fingerprint density at radius 1 is 1.13 bits per heavy atom. The second kappa shape index (κ2) is 7.19. The molecule has 2 aromatic rings. The number of carbonyl (C=O) groups excluding carboxylic acids is 1. The van der Waals surface area contributed by atoms with Crippen LogP contribution in [0.5, 0.6) is 0 Å². The largest absolute Gasteiger partial charge is 0.323 e. The number of pyridine rings is 2. The number of hydrogen-bond acceptors (Lipinski definition) is 4. The van der Waals surface area contributed by atoms with Crippen molar-refractivity contribution in [3.63, 3.8) is 0 Å². The molecule has 2 aromatic heterocycles. The molecule has 3 heterocycles. The van der Waals surface area contributed by atoms with Crippen LogP contribution < -0.4 is 5.32 Å². The van der Waals surface area contributed by atoms with Crippen molar-refractivity contribution in [3.8, 4) is 0 Å². The standard InChI is InChI=1S/C17H21N5O/c1-14(15-5-4-7-18-13-15)21-9-11-22(12-10-21)17(23)20-16-6-2-3-8-19-16/h2-8,13-14H,9-12H2,1H3,(H,19,20,23). The smallest absolute Gasteiger partial charge is 0.322 e. The summed E-state index contributed by atoms with van der Waals surface area (Å²) in [5.41, 5.74) is 1.21. The first kappa shape index (κ1) is 15.4. The van der Waals surface area contributed by atoms with Crippen LogP contribution in [0.2, 0.25) is 0 Å². The van der Waals surface area contributed by atoms with E-state index in [1.165, 1.54) is 5.56 Å². The van der Waals surface area contributed by atoms with Crippen LogP contribution >= 0.6 is 0 Å². The minimum absolute atomic E-state index is 0.0858. The van der Waals surface area contributed by atoms with E-state index < -0.39 is 0 Å². The first-order valence-corrected chi connectivity index (χ1v) is 7.85. The zero-order chi connectivity index (χ0) is 16.1. The molecule has 6 nitrogen and oxygen atoms in total. The number of carbonyl (C=O) groups is 1. The molecule has 1 aliphatic rings. The monoisotopic (exact) mass is 311 g/mol. The van der Waals surface area contributed by atoms with Crippen LogP contribution in [0.25, 0.3) is 0 Å². The van der Waals surface area contributed by atoms with Gasteiger partial charge in [0.1, 0.15) is 5.82 Å². The Balaban J connectivity index is 1.53. The molecule has 0 bridgehead atoms. The van der Waals surface area contributed by atoms with Gasteiger partial charge in [0, 0.05) is 50.8 Å². The quantitative estimate of drug-likeness (QED) is 0.945. The van der Waals surface area contributed by atoms with Crippen LogP contribution in [-0.4, -0.2) is 52.0 Å². The van der Waals surface area contributed by atoms with Gasteiger partial charge in [0.25, 0.3) is 0 Å². The number of aromatic nitrogens is 2. The van der Waals surface area contributed by atoms with Crippen LogP contribution in [-0.2, 0) is 0 Å². The summed E-state index contributed by atoms with van der Waals surface area (Å²) in [6.45, 7) is 5.31. The number of amides is 2. The number of nitrogens with zero attached hydrogens (tertiary/aromatic N) is 4. The summed E-state index contributed by atoms with van der Waals surface area (Å²) in [4.78, 5) is 24.8. The molecule has 1 unspecified atom stereocenters. The van der Waals surface area contributed by atoms with Crippen LogP contribution in [0.3, 0.4) is 0 Å². The van der Waals surface area contributed by atoms with Gasteiger partial charge in [-0.1, -0.05) is 12.1 Å². The fourth-order valence-corrected chi connectivity index (χ4v) is 2.77. The van der Waals surface area contributed by atoms with Gasteiger partial charge in [-0.3, -0.25) is 15.2 Å². The highest BCUT2D eigenvalue weighted by Gasteiger charge is 2.24. The highest BCUT2D eigenvalue weighted by molar-refractivity contribution is 5.88. The fraction of sp³-hybridized carbons (Fsp3) is 0.353. The molecular formula is C17H21N5O. The topological polar surface area (TPSA) is 61.4 Å². The average Bonchev–Trinajstić information content (AvgIpc) is 2.63. The maximum Gasteiger partial charge on any atom is 0.323 e. The van der Waals surface area contributed by atoms with Crippen molar-refractivity contribution in [1.82, 2.24) is 19.8 Å². The van der Waals surface area contributed by atoms with Crippen molar-refractivity contribution in [1.29, 1.82) is 0 Å². The first-order chi connectivity index (χ1) is 11.2. The lowest BCUT2D eigenvalue weighted by Crippen LogP contribution is -2.50. The maximum absolute atomic E-state index is 12.3. The van der Waals surface area contributed by atoms with E-state index in [0.29, 0.717) is 24.9 Å². The summed E-state index contributed by atoms with van der Waals surface area (Å²) in [7, 11) is 0. The summed E-state index contributed by atoms with van der Waals surface area (Å²) in [6.07, 6.45) is 5.37. The third-order valence-electron chi connectivity index (χ3n) is 4.22. The second-order valence-electron chi connectivity index (χ2n) is 5.63. The van der Waals surface area contributed by atoms with Gasteiger partial charge in [0.05, 0.1) is 0 Å². The van der Waals surface area contributed by atoms with Crippen molar-refractivity contribution < 1.29 is 4.79 Å². The van der Waals surface area contributed by atoms with E-state index in [-0.39, 0.29) is 6.03 Å². The van der Waals surface area contributed by atoms with Crippen molar-refractivity contribution >= 4 is 11.8 Å². The molecule has 0 aromatic carbocycles. The molecule has 1 N–H and O–H groups in total. The molecule has 1 saturated heterocycles. The summed E-state index contributed by atoms with van der Waals surface area (Å²) < 4.78 is 0. The summed E-state index contributed by atoms with van der Waals surface area (Å²) in [6, 6.07) is 9.76. The van der Waals surface area contributed by atoms with E-state index in [1.807, 2.05) is 29.3 Å². The molecule has 0 radical (unpaired) electrons. The molecule has 3 rings (SSSR count). The van der Waals surface area contributed by atoms with Crippen molar-refractivity contribution in [2.45, 2.75) is 13.0 Å². The minimum Gasteiger partial charge on any atom is -0.322 e. The maximum atomic E-state index is 12.3. The van der Waals surface area contributed by atoms with Crippen molar-refractivity contribution in [2.75, 3.05) is 31.5 Å². The molecule has 1 aliphatic heterocycles. The summed E-state index contributed by atoms with van der Waals surface area (Å²) >= 11 is 0. The zero-order valence-corrected chi connectivity index (χ0v) is 13.2. The van der Waals surface area contributed by atoms with E-state index in [0.717, 1.165) is 13.1 Å². The van der Waals surface area contributed by atoms with Gasteiger partial charge in [0.2, 0.25) is 0 Å². The molecule has 0 saturated carbocycles. The lowest BCUT2D eigenvalue weighted by molar-refractivity contribution is 0.119. The molecule has 6 heteroatoms. The molecule has 0 aliphatic carbocycles. The third kappa shape index (κ3) is 3.84. The zero-order valence-electron chi connectivity index (χ0n) is 13.2. The lowest BCUT2D eigenvalue weighted by Gasteiger charge is -2.38. The molecule has 23 heavy (non-hydrogen) atoms. The highest BCUT2D eigenvalue weighted by Crippen LogP contribution is 2.20. The van der Waals surface area contributed by atoms with Gasteiger partial charge in [-0.05, 0) is 30.7 Å². The van der Waals surface area contributed by atoms with E-state index >= 15 is 0 Å². The van der Waals surface area contributed by atoms with E-state index in [1.54, 1.807) is 18.5 Å². The lowest BCUT2D eigenvalue weighted by atomic mass is 10.1. The first-order valence-electron chi connectivity index (χ1n) is 7.85.